The third kappa shape index (κ3) is 2.02. The maximum Gasteiger partial charge on any atom is 0.299 e. The van der Waals surface area contributed by atoms with Crippen LogP contribution in [0.25, 0.3) is 0 Å². The normalized spacial score (nSPS) is 13.7. The Morgan fingerprint density at radius 1 is 1.33 bits per heavy atom. The molecule has 0 spiro atoms. The average molecular weight is 241 g/mol. The number of amides is 1. The summed E-state index contributed by atoms with van der Waals surface area (Å²) in [6.45, 7) is 2.53. The van der Waals surface area contributed by atoms with Crippen LogP contribution in [0.2, 0.25) is 0 Å². The molecule has 1 aliphatic heterocycles. The molecular formula is C15H15NO2. The lowest BCUT2D eigenvalue weighted by molar-refractivity contribution is -0.114. The van der Waals surface area contributed by atoms with Crippen molar-refractivity contribution in [2.24, 2.45) is 0 Å². The van der Waals surface area contributed by atoms with E-state index in [4.69, 9.17) is 6.42 Å². The summed E-state index contributed by atoms with van der Waals surface area (Å²) in [5.74, 6) is 1.70. The van der Waals surface area contributed by atoms with Crippen molar-refractivity contribution in [1.29, 1.82) is 0 Å². The molecule has 1 aliphatic rings. The summed E-state index contributed by atoms with van der Waals surface area (Å²) in [5, 5.41) is 0. The van der Waals surface area contributed by atoms with E-state index in [0.717, 1.165) is 17.7 Å². The molecule has 2 rings (SSSR count). The number of rotatable bonds is 4. The fraction of sp³-hybridized carbons (Fsp3) is 0.333. The summed E-state index contributed by atoms with van der Waals surface area (Å²) in [7, 11) is 0. The molecule has 0 unspecified atom stereocenters. The highest BCUT2D eigenvalue weighted by atomic mass is 16.2. The van der Waals surface area contributed by atoms with Crippen LogP contribution in [0, 0.1) is 12.3 Å². The molecule has 1 aromatic carbocycles. The largest absolute Gasteiger partial charge is 0.305 e. The van der Waals surface area contributed by atoms with Crippen LogP contribution in [0.3, 0.4) is 0 Å². The van der Waals surface area contributed by atoms with Gasteiger partial charge in [-0.05, 0) is 30.5 Å². The van der Waals surface area contributed by atoms with Gasteiger partial charge in [0.2, 0.25) is 0 Å². The van der Waals surface area contributed by atoms with Gasteiger partial charge in [-0.1, -0.05) is 13.0 Å². The zero-order valence-electron chi connectivity index (χ0n) is 10.4. The van der Waals surface area contributed by atoms with Crippen LogP contribution in [0.5, 0.6) is 0 Å². The second-order valence-corrected chi connectivity index (χ2v) is 4.30. The summed E-state index contributed by atoms with van der Waals surface area (Å²) < 4.78 is 0. The van der Waals surface area contributed by atoms with Crippen LogP contribution in [-0.4, -0.2) is 18.2 Å². The zero-order valence-corrected chi connectivity index (χ0v) is 10.4. The van der Waals surface area contributed by atoms with Crippen LogP contribution >= 0.6 is 0 Å². The lowest BCUT2D eigenvalue weighted by Gasteiger charge is -2.15. The minimum absolute atomic E-state index is 0.402. The van der Waals surface area contributed by atoms with Gasteiger partial charge in [-0.3, -0.25) is 9.59 Å². The molecule has 0 atom stereocenters. The Morgan fingerprint density at radius 3 is 2.78 bits per heavy atom. The third-order valence-electron chi connectivity index (χ3n) is 3.15. The van der Waals surface area contributed by atoms with E-state index in [2.05, 4.69) is 5.92 Å². The van der Waals surface area contributed by atoms with Gasteiger partial charge in [0, 0.05) is 13.0 Å². The number of terminal acetylenes is 1. The number of fused-ring (bicyclic) bond motifs is 1. The fourth-order valence-electron chi connectivity index (χ4n) is 2.13. The van der Waals surface area contributed by atoms with Gasteiger partial charge in [-0.15, -0.1) is 12.3 Å². The number of nitrogens with zero attached hydrogens (tertiary/aromatic N) is 1. The zero-order chi connectivity index (χ0) is 13.1. The van der Waals surface area contributed by atoms with Crippen molar-refractivity contribution in [2.75, 3.05) is 11.4 Å². The lowest BCUT2D eigenvalue weighted by atomic mass is 10.1. The molecule has 3 nitrogen and oxygen atoms in total. The Bertz CT molecular complexity index is 540. The molecule has 0 saturated carbocycles. The summed E-state index contributed by atoms with van der Waals surface area (Å²) in [4.78, 5) is 25.3. The van der Waals surface area contributed by atoms with Crippen molar-refractivity contribution in [2.45, 2.75) is 26.2 Å². The van der Waals surface area contributed by atoms with Gasteiger partial charge < -0.3 is 4.90 Å². The van der Waals surface area contributed by atoms with Crippen molar-refractivity contribution in [3.05, 3.63) is 29.3 Å². The van der Waals surface area contributed by atoms with E-state index in [1.165, 1.54) is 4.90 Å². The second kappa shape index (κ2) is 5.05. The summed E-state index contributed by atoms with van der Waals surface area (Å²) >= 11 is 0. The summed E-state index contributed by atoms with van der Waals surface area (Å²) in [5.41, 5.74) is 2.32. The first-order chi connectivity index (χ1) is 8.69. The Morgan fingerprint density at radius 2 is 2.11 bits per heavy atom. The molecule has 1 aromatic rings. The molecule has 0 fully saturated rings. The van der Waals surface area contributed by atoms with E-state index in [9.17, 15) is 9.59 Å². The van der Waals surface area contributed by atoms with Gasteiger partial charge in [-0.25, -0.2) is 0 Å². The topological polar surface area (TPSA) is 37.4 Å². The van der Waals surface area contributed by atoms with Crippen molar-refractivity contribution in [3.63, 3.8) is 0 Å². The predicted molar refractivity (Wildman–Crippen MR) is 70.6 cm³/mol. The maximum atomic E-state index is 11.9. The molecule has 3 heteroatoms. The van der Waals surface area contributed by atoms with E-state index in [-0.39, 0.29) is 0 Å². The molecule has 1 heterocycles. The van der Waals surface area contributed by atoms with Crippen molar-refractivity contribution in [1.82, 2.24) is 0 Å². The molecule has 0 saturated heterocycles. The Hall–Kier alpha value is -2.08. The van der Waals surface area contributed by atoms with Crippen LogP contribution in [0.1, 0.15) is 35.7 Å². The van der Waals surface area contributed by atoms with Crippen LogP contribution in [-0.2, 0) is 11.2 Å². The average Bonchev–Trinajstić information content (AvgIpc) is 2.63. The van der Waals surface area contributed by atoms with Gasteiger partial charge in [0.05, 0.1) is 11.3 Å². The van der Waals surface area contributed by atoms with Gasteiger partial charge >= 0.3 is 0 Å². The minimum atomic E-state index is -0.435. The summed E-state index contributed by atoms with van der Waals surface area (Å²) in [6.07, 6.45) is 7.36. The van der Waals surface area contributed by atoms with E-state index in [1.54, 1.807) is 0 Å². The number of hydrogen-bond acceptors (Lipinski definition) is 2. The number of carbonyl (C=O) groups is 2. The predicted octanol–water partition coefficient (Wildman–Crippen LogP) is 2.19. The van der Waals surface area contributed by atoms with Gasteiger partial charge in [0.25, 0.3) is 11.7 Å². The van der Waals surface area contributed by atoms with E-state index >= 15 is 0 Å². The fourth-order valence-corrected chi connectivity index (χ4v) is 2.13. The van der Waals surface area contributed by atoms with Crippen LogP contribution in [0.4, 0.5) is 5.69 Å². The van der Waals surface area contributed by atoms with Gasteiger partial charge in [0.1, 0.15) is 0 Å². The van der Waals surface area contributed by atoms with E-state index < -0.39 is 11.7 Å². The highest BCUT2D eigenvalue weighted by Crippen LogP contribution is 2.30. The molecule has 0 aromatic heterocycles. The van der Waals surface area contributed by atoms with Gasteiger partial charge in [-0.2, -0.15) is 0 Å². The van der Waals surface area contributed by atoms with Crippen LogP contribution < -0.4 is 4.90 Å². The Kier molecular flexibility index (Phi) is 3.47. The molecular weight excluding hydrogens is 226 g/mol. The van der Waals surface area contributed by atoms with E-state index in [0.29, 0.717) is 24.9 Å². The number of unbranched alkanes of at least 4 members (excludes halogenated alkanes) is 1. The highest BCUT2D eigenvalue weighted by molar-refractivity contribution is 6.52. The quantitative estimate of drug-likeness (QED) is 0.460. The molecule has 0 aliphatic carbocycles. The number of anilines is 1. The van der Waals surface area contributed by atoms with Crippen LogP contribution in [0.15, 0.2) is 18.2 Å². The number of ketones is 1. The number of carbonyl (C=O) groups excluding carboxylic acids is 2. The lowest BCUT2D eigenvalue weighted by Crippen LogP contribution is -2.30. The molecule has 0 radical (unpaired) electrons. The number of Topliss-reactive ketones (excluding diaryl/α,β-unsaturated/α-hetero) is 1. The van der Waals surface area contributed by atoms with E-state index in [1.807, 2.05) is 25.1 Å². The molecule has 0 bridgehead atoms. The second-order valence-electron chi connectivity index (χ2n) is 4.30. The standard InChI is InChI=1S/C15H15NO2/c1-3-5-6-9-16-13-8-7-11(4-2)10-12(13)14(17)15(16)18/h1,7-8,10H,4-6,9H2,2H3. The molecule has 18 heavy (non-hydrogen) atoms. The molecule has 92 valence electrons. The van der Waals surface area contributed by atoms with Gasteiger partial charge in [0.15, 0.2) is 0 Å². The van der Waals surface area contributed by atoms with Crippen molar-refractivity contribution < 1.29 is 9.59 Å². The van der Waals surface area contributed by atoms with Crippen molar-refractivity contribution in [3.8, 4) is 12.3 Å². The first kappa shape index (κ1) is 12.4. The van der Waals surface area contributed by atoms with Crippen molar-refractivity contribution >= 4 is 17.4 Å². The number of aryl methyl sites for hydroxylation is 1. The monoisotopic (exact) mass is 241 g/mol. The Balaban J connectivity index is 2.29. The smallest absolute Gasteiger partial charge is 0.299 e. The Labute approximate surface area is 107 Å². The minimum Gasteiger partial charge on any atom is -0.305 e. The SMILES string of the molecule is C#CCCCN1C(=O)C(=O)c2cc(CC)ccc21. The number of hydrogen-bond donors (Lipinski definition) is 0. The number of benzene rings is 1. The highest BCUT2D eigenvalue weighted by Gasteiger charge is 2.35. The molecule has 0 N–H and O–H groups in total. The molecule has 1 amide bonds. The maximum absolute atomic E-state index is 11.9. The summed E-state index contributed by atoms with van der Waals surface area (Å²) in [6, 6.07) is 5.63. The first-order valence-electron chi connectivity index (χ1n) is 6.11. The third-order valence-corrected chi connectivity index (χ3v) is 3.15. The first-order valence-corrected chi connectivity index (χ1v) is 6.11.